The van der Waals surface area contributed by atoms with Crippen molar-refractivity contribution >= 4 is 23.6 Å². The second kappa shape index (κ2) is 6.90. The third-order valence-electron chi connectivity index (χ3n) is 2.67. The fraction of sp³-hybridized carbons (Fsp3) is 0.133. The Kier molecular flexibility index (Phi) is 4.94. The molecular formula is C15H15N3O2S. The minimum Gasteiger partial charge on any atom is -0.368 e. The van der Waals surface area contributed by atoms with Gasteiger partial charge in [0.15, 0.2) is 0 Å². The second-order valence-electron chi connectivity index (χ2n) is 4.42. The van der Waals surface area contributed by atoms with Crippen molar-refractivity contribution in [2.75, 3.05) is 6.54 Å². The molecule has 0 aliphatic rings. The van der Waals surface area contributed by atoms with Gasteiger partial charge in [-0.05, 0) is 31.2 Å². The second-order valence-corrected chi connectivity index (χ2v) is 5.48. The summed E-state index contributed by atoms with van der Waals surface area (Å²) in [6, 6.07) is 11.3. The van der Waals surface area contributed by atoms with E-state index < -0.39 is 5.91 Å². The van der Waals surface area contributed by atoms with Gasteiger partial charge in [0.05, 0.1) is 12.1 Å². The van der Waals surface area contributed by atoms with Gasteiger partial charge in [0.2, 0.25) is 5.91 Å². The maximum atomic E-state index is 12.0. The van der Waals surface area contributed by atoms with Crippen LogP contribution >= 0.6 is 11.8 Å². The van der Waals surface area contributed by atoms with Gasteiger partial charge in [-0.3, -0.25) is 9.59 Å². The van der Waals surface area contributed by atoms with E-state index in [0.29, 0.717) is 10.6 Å². The zero-order valence-corrected chi connectivity index (χ0v) is 12.3. The SMILES string of the molecule is Cc1ccc(Sc2ncccc2C(=O)NCC(N)=O)cc1. The Balaban J connectivity index is 2.18. The Morgan fingerprint density at radius 3 is 2.62 bits per heavy atom. The fourth-order valence-corrected chi connectivity index (χ4v) is 2.51. The van der Waals surface area contributed by atoms with Crippen LogP contribution in [0.4, 0.5) is 0 Å². The summed E-state index contributed by atoms with van der Waals surface area (Å²) in [5.74, 6) is -0.948. The number of rotatable bonds is 5. The highest BCUT2D eigenvalue weighted by molar-refractivity contribution is 7.99. The molecule has 0 spiro atoms. The number of nitrogens with one attached hydrogen (secondary N) is 1. The molecule has 0 saturated carbocycles. The van der Waals surface area contributed by atoms with Gasteiger partial charge in [0.1, 0.15) is 5.03 Å². The molecule has 3 N–H and O–H groups in total. The van der Waals surface area contributed by atoms with Crippen LogP contribution in [0.1, 0.15) is 15.9 Å². The van der Waals surface area contributed by atoms with Gasteiger partial charge < -0.3 is 11.1 Å². The quantitative estimate of drug-likeness (QED) is 0.881. The van der Waals surface area contributed by atoms with Crippen LogP contribution in [0.15, 0.2) is 52.5 Å². The number of pyridine rings is 1. The van der Waals surface area contributed by atoms with Crippen molar-refractivity contribution in [1.29, 1.82) is 0 Å². The number of nitrogens with zero attached hydrogens (tertiary/aromatic N) is 1. The molecule has 0 radical (unpaired) electrons. The molecule has 0 saturated heterocycles. The monoisotopic (exact) mass is 301 g/mol. The number of nitrogens with two attached hydrogens (primary N) is 1. The average molecular weight is 301 g/mol. The van der Waals surface area contributed by atoms with Gasteiger partial charge in [-0.1, -0.05) is 29.5 Å². The molecule has 0 bridgehead atoms. The zero-order chi connectivity index (χ0) is 15.2. The molecule has 1 aromatic heterocycles. The lowest BCUT2D eigenvalue weighted by Crippen LogP contribution is -2.33. The van der Waals surface area contributed by atoms with Crippen LogP contribution in [0.2, 0.25) is 0 Å². The summed E-state index contributed by atoms with van der Waals surface area (Å²) in [4.78, 5) is 28.0. The van der Waals surface area contributed by atoms with E-state index in [4.69, 9.17) is 5.73 Å². The number of aryl methyl sites for hydroxylation is 1. The Bertz CT molecular complexity index is 656. The van der Waals surface area contributed by atoms with Crippen LogP contribution in [-0.2, 0) is 4.79 Å². The van der Waals surface area contributed by atoms with Gasteiger partial charge in [-0.25, -0.2) is 4.98 Å². The molecular weight excluding hydrogens is 286 g/mol. The Morgan fingerprint density at radius 1 is 1.24 bits per heavy atom. The minimum absolute atomic E-state index is 0.192. The summed E-state index contributed by atoms with van der Waals surface area (Å²) >= 11 is 1.40. The molecule has 5 nitrogen and oxygen atoms in total. The number of aromatic nitrogens is 1. The van der Waals surface area contributed by atoms with E-state index in [-0.39, 0.29) is 12.5 Å². The largest absolute Gasteiger partial charge is 0.368 e. The first kappa shape index (κ1) is 15.1. The first-order valence-corrected chi connectivity index (χ1v) is 7.14. The van der Waals surface area contributed by atoms with Crippen LogP contribution in [0.5, 0.6) is 0 Å². The lowest BCUT2D eigenvalue weighted by molar-refractivity contribution is -0.117. The normalized spacial score (nSPS) is 10.1. The van der Waals surface area contributed by atoms with E-state index in [1.165, 1.54) is 17.3 Å². The van der Waals surface area contributed by atoms with Gasteiger partial charge in [0, 0.05) is 11.1 Å². The number of primary amides is 1. The predicted molar refractivity (Wildman–Crippen MR) is 81.1 cm³/mol. The summed E-state index contributed by atoms with van der Waals surface area (Å²) in [6.07, 6.45) is 1.63. The smallest absolute Gasteiger partial charge is 0.254 e. The molecule has 2 rings (SSSR count). The third-order valence-corrected chi connectivity index (χ3v) is 3.70. The van der Waals surface area contributed by atoms with Gasteiger partial charge in [-0.15, -0.1) is 0 Å². The molecule has 2 amide bonds. The maximum absolute atomic E-state index is 12.0. The highest BCUT2D eigenvalue weighted by Gasteiger charge is 2.13. The molecule has 108 valence electrons. The van der Waals surface area contributed by atoms with Crippen molar-refractivity contribution in [1.82, 2.24) is 10.3 Å². The number of amides is 2. The Labute approximate surface area is 127 Å². The molecule has 1 heterocycles. The van der Waals surface area contributed by atoms with Gasteiger partial charge >= 0.3 is 0 Å². The van der Waals surface area contributed by atoms with E-state index in [9.17, 15) is 9.59 Å². The summed E-state index contributed by atoms with van der Waals surface area (Å²) in [6.45, 7) is 1.82. The molecule has 0 fully saturated rings. The predicted octanol–water partition coefficient (Wildman–Crippen LogP) is 1.76. The molecule has 0 atom stereocenters. The summed E-state index contributed by atoms with van der Waals surface area (Å²) in [5, 5.41) is 3.05. The van der Waals surface area contributed by atoms with Crippen molar-refractivity contribution in [2.24, 2.45) is 5.73 Å². The third kappa shape index (κ3) is 4.32. The number of benzene rings is 1. The maximum Gasteiger partial charge on any atom is 0.254 e. The highest BCUT2D eigenvalue weighted by Crippen LogP contribution is 2.28. The van der Waals surface area contributed by atoms with E-state index >= 15 is 0 Å². The van der Waals surface area contributed by atoms with Gasteiger partial charge in [0.25, 0.3) is 5.91 Å². The molecule has 0 aliphatic carbocycles. The minimum atomic E-state index is -0.583. The first-order valence-electron chi connectivity index (χ1n) is 6.32. The molecule has 6 heteroatoms. The van der Waals surface area contributed by atoms with E-state index in [1.54, 1.807) is 18.3 Å². The van der Waals surface area contributed by atoms with Crippen molar-refractivity contribution in [3.8, 4) is 0 Å². The molecule has 0 aliphatic heterocycles. The van der Waals surface area contributed by atoms with Gasteiger partial charge in [-0.2, -0.15) is 0 Å². The van der Waals surface area contributed by atoms with Crippen molar-refractivity contribution in [3.05, 3.63) is 53.7 Å². The summed E-state index contributed by atoms with van der Waals surface area (Å²) in [7, 11) is 0. The van der Waals surface area contributed by atoms with Crippen LogP contribution in [0.25, 0.3) is 0 Å². The lowest BCUT2D eigenvalue weighted by atomic mass is 10.2. The van der Waals surface area contributed by atoms with Crippen LogP contribution < -0.4 is 11.1 Å². The first-order chi connectivity index (χ1) is 10.1. The lowest BCUT2D eigenvalue weighted by Gasteiger charge is -2.08. The average Bonchev–Trinajstić information content (AvgIpc) is 2.48. The highest BCUT2D eigenvalue weighted by atomic mass is 32.2. The fourth-order valence-electron chi connectivity index (χ4n) is 1.63. The zero-order valence-electron chi connectivity index (χ0n) is 11.5. The van der Waals surface area contributed by atoms with Crippen molar-refractivity contribution in [3.63, 3.8) is 0 Å². The van der Waals surface area contributed by atoms with E-state index in [2.05, 4.69) is 10.3 Å². The summed E-state index contributed by atoms with van der Waals surface area (Å²) in [5.41, 5.74) is 6.61. The number of hydrogen-bond donors (Lipinski definition) is 2. The van der Waals surface area contributed by atoms with Crippen molar-refractivity contribution < 1.29 is 9.59 Å². The van der Waals surface area contributed by atoms with Crippen LogP contribution in [0, 0.1) is 6.92 Å². The van der Waals surface area contributed by atoms with Crippen molar-refractivity contribution in [2.45, 2.75) is 16.8 Å². The molecule has 0 unspecified atom stereocenters. The summed E-state index contributed by atoms with van der Waals surface area (Å²) < 4.78 is 0. The molecule has 2 aromatic rings. The number of carbonyl (C=O) groups is 2. The standard InChI is InChI=1S/C15H15N3O2S/c1-10-4-6-11(7-5-10)21-15-12(3-2-8-17-15)14(20)18-9-13(16)19/h2-8H,9H2,1H3,(H2,16,19)(H,18,20). The Morgan fingerprint density at radius 2 is 1.95 bits per heavy atom. The topological polar surface area (TPSA) is 85.1 Å². The number of carbonyl (C=O) groups excluding carboxylic acids is 2. The molecule has 1 aromatic carbocycles. The van der Waals surface area contributed by atoms with E-state index in [1.807, 2.05) is 31.2 Å². The van der Waals surface area contributed by atoms with Crippen LogP contribution in [-0.4, -0.2) is 23.3 Å². The number of hydrogen-bond acceptors (Lipinski definition) is 4. The molecule has 21 heavy (non-hydrogen) atoms. The van der Waals surface area contributed by atoms with Crippen LogP contribution in [0.3, 0.4) is 0 Å². The van der Waals surface area contributed by atoms with E-state index in [0.717, 1.165) is 4.90 Å². The Hall–Kier alpha value is -2.34.